The largest absolute Gasteiger partial charge is 0.486 e. The zero-order chi connectivity index (χ0) is 22.1. The number of hydrogen-bond donors (Lipinski definition) is 2. The van der Waals surface area contributed by atoms with Crippen LogP contribution in [0.4, 0.5) is 11.5 Å². The number of anilines is 2. The Bertz CT molecular complexity index is 1090. The van der Waals surface area contributed by atoms with Crippen LogP contribution in [0.3, 0.4) is 0 Å². The summed E-state index contributed by atoms with van der Waals surface area (Å²) in [5.41, 5.74) is 8.86. The topological polar surface area (TPSA) is 88.1 Å². The van der Waals surface area contributed by atoms with Gasteiger partial charge in [0.1, 0.15) is 17.7 Å². The lowest BCUT2D eigenvalue weighted by Gasteiger charge is -2.38. The van der Waals surface area contributed by atoms with Crippen LogP contribution >= 0.6 is 23.2 Å². The minimum absolute atomic E-state index is 0.284. The van der Waals surface area contributed by atoms with E-state index >= 15 is 0 Å². The molecule has 3 heterocycles. The standard InChI is InChI=1S/C23H23Cl2N5O/c1-13-11-30(12-13)21-6-3-15(8-29-21)23(27)17-7-16(4-5-20(17)26)31-14(2)22-18(24)9-28-10-19(22)25/h3-10,13-14,27H,11-12,26H2,1-2H3/t14-/m1/s1. The molecule has 1 aliphatic heterocycles. The van der Waals surface area contributed by atoms with Crippen molar-refractivity contribution in [1.82, 2.24) is 9.97 Å². The Morgan fingerprint density at radius 2 is 1.87 bits per heavy atom. The smallest absolute Gasteiger partial charge is 0.128 e. The van der Waals surface area contributed by atoms with Gasteiger partial charge in [0.25, 0.3) is 0 Å². The lowest BCUT2D eigenvalue weighted by molar-refractivity contribution is 0.227. The van der Waals surface area contributed by atoms with Gasteiger partial charge in [-0.25, -0.2) is 4.98 Å². The van der Waals surface area contributed by atoms with E-state index in [9.17, 15) is 0 Å². The van der Waals surface area contributed by atoms with Crippen LogP contribution in [0, 0.1) is 11.3 Å². The summed E-state index contributed by atoms with van der Waals surface area (Å²) in [7, 11) is 0. The SMILES string of the molecule is CC1CN(c2ccc(C(=N)c3cc(O[C@H](C)c4c(Cl)cncc4Cl)ccc3N)cn2)C1. The van der Waals surface area contributed by atoms with Crippen molar-refractivity contribution in [3.8, 4) is 5.75 Å². The van der Waals surface area contributed by atoms with Gasteiger partial charge in [-0.2, -0.15) is 0 Å². The number of pyridine rings is 2. The minimum atomic E-state index is -0.409. The fourth-order valence-corrected chi connectivity index (χ4v) is 4.33. The number of benzene rings is 1. The molecule has 0 aliphatic carbocycles. The van der Waals surface area contributed by atoms with E-state index in [0.717, 1.165) is 18.9 Å². The highest BCUT2D eigenvalue weighted by Crippen LogP contribution is 2.33. The van der Waals surface area contributed by atoms with Crippen LogP contribution in [0.15, 0.2) is 48.9 Å². The van der Waals surface area contributed by atoms with Gasteiger partial charge in [0.2, 0.25) is 0 Å². The molecule has 0 radical (unpaired) electrons. The number of nitrogens with zero attached hydrogens (tertiary/aromatic N) is 3. The molecule has 1 saturated heterocycles. The summed E-state index contributed by atoms with van der Waals surface area (Å²) < 4.78 is 6.06. The van der Waals surface area contributed by atoms with Crippen molar-refractivity contribution in [2.75, 3.05) is 23.7 Å². The van der Waals surface area contributed by atoms with Gasteiger partial charge in [0.05, 0.1) is 15.8 Å². The highest BCUT2D eigenvalue weighted by Gasteiger charge is 2.23. The molecule has 1 aromatic carbocycles. The van der Waals surface area contributed by atoms with Gasteiger partial charge < -0.3 is 15.4 Å². The summed E-state index contributed by atoms with van der Waals surface area (Å²) in [6, 6.07) is 9.09. The first-order chi connectivity index (χ1) is 14.8. The van der Waals surface area contributed by atoms with Crippen molar-refractivity contribution in [2.24, 2.45) is 5.92 Å². The van der Waals surface area contributed by atoms with Crippen LogP contribution in [0.1, 0.15) is 36.6 Å². The van der Waals surface area contributed by atoms with Gasteiger partial charge in [-0.05, 0) is 43.2 Å². The zero-order valence-corrected chi connectivity index (χ0v) is 18.8. The molecular weight excluding hydrogens is 433 g/mol. The first kappa shape index (κ1) is 21.4. The second kappa shape index (κ2) is 8.73. The molecule has 0 saturated carbocycles. The lowest BCUT2D eigenvalue weighted by Crippen LogP contribution is -2.45. The average molecular weight is 456 g/mol. The van der Waals surface area contributed by atoms with Crippen molar-refractivity contribution < 1.29 is 4.74 Å². The molecule has 0 spiro atoms. The lowest BCUT2D eigenvalue weighted by atomic mass is 10.0. The summed E-state index contributed by atoms with van der Waals surface area (Å²) in [4.78, 5) is 10.7. The first-order valence-electron chi connectivity index (χ1n) is 9.99. The van der Waals surface area contributed by atoms with Crippen LogP contribution in [0.2, 0.25) is 10.0 Å². The summed E-state index contributed by atoms with van der Waals surface area (Å²) in [5.74, 6) is 2.19. The molecule has 2 aromatic heterocycles. The molecule has 1 aliphatic rings. The average Bonchev–Trinajstić information content (AvgIpc) is 2.72. The molecule has 4 rings (SSSR count). The van der Waals surface area contributed by atoms with Crippen LogP contribution in [-0.2, 0) is 0 Å². The molecule has 3 aromatic rings. The van der Waals surface area contributed by atoms with E-state index in [1.165, 1.54) is 12.4 Å². The predicted octanol–water partition coefficient (Wildman–Crippen LogP) is 5.38. The zero-order valence-electron chi connectivity index (χ0n) is 17.3. The summed E-state index contributed by atoms with van der Waals surface area (Å²) in [6.07, 6.45) is 4.37. The monoisotopic (exact) mass is 455 g/mol. The Kier molecular flexibility index (Phi) is 6.03. The molecule has 0 amide bonds. The van der Waals surface area contributed by atoms with Gasteiger partial charge in [0.15, 0.2) is 0 Å². The molecule has 3 N–H and O–H groups in total. The molecule has 31 heavy (non-hydrogen) atoms. The number of hydrogen-bond acceptors (Lipinski definition) is 6. The predicted molar refractivity (Wildman–Crippen MR) is 126 cm³/mol. The van der Waals surface area contributed by atoms with E-state index in [4.69, 9.17) is 39.1 Å². The second-order valence-corrected chi connectivity index (χ2v) is 8.63. The fraction of sp³-hybridized carbons (Fsp3) is 0.261. The maximum Gasteiger partial charge on any atom is 0.128 e. The first-order valence-corrected chi connectivity index (χ1v) is 10.7. The van der Waals surface area contributed by atoms with Crippen molar-refractivity contribution in [2.45, 2.75) is 20.0 Å². The summed E-state index contributed by atoms with van der Waals surface area (Å²) in [5, 5.41) is 9.52. The van der Waals surface area contributed by atoms with Crippen LogP contribution < -0.4 is 15.4 Å². The van der Waals surface area contributed by atoms with E-state index in [0.29, 0.717) is 44.1 Å². The van der Waals surface area contributed by atoms with Crippen LogP contribution in [0.5, 0.6) is 5.75 Å². The highest BCUT2D eigenvalue weighted by atomic mass is 35.5. The Hall–Kier alpha value is -2.83. The number of aromatic nitrogens is 2. The van der Waals surface area contributed by atoms with Crippen molar-refractivity contribution in [1.29, 1.82) is 5.41 Å². The third kappa shape index (κ3) is 4.45. The Labute approximate surface area is 191 Å². The molecule has 6 nitrogen and oxygen atoms in total. The van der Waals surface area contributed by atoms with Gasteiger partial charge in [-0.15, -0.1) is 0 Å². The maximum absolute atomic E-state index is 8.65. The van der Waals surface area contributed by atoms with E-state index in [1.54, 1.807) is 24.4 Å². The molecular formula is C23H23Cl2N5O. The van der Waals surface area contributed by atoms with Crippen molar-refractivity contribution in [3.05, 3.63) is 75.7 Å². The number of nitrogen functional groups attached to an aromatic ring is 1. The molecule has 160 valence electrons. The Morgan fingerprint density at radius 3 is 2.48 bits per heavy atom. The quantitative estimate of drug-likeness (QED) is 0.384. The van der Waals surface area contributed by atoms with Crippen LogP contribution in [-0.4, -0.2) is 28.8 Å². The molecule has 1 atom stereocenters. The van der Waals surface area contributed by atoms with E-state index in [-0.39, 0.29) is 5.71 Å². The number of halogens is 2. The van der Waals surface area contributed by atoms with E-state index in [1.807, 2.05) is 19.1 Å². The summed E-state index contributed by atoms with van der Waals surface area (Å²) >= 11 is 12.5. The van der Waals surface area contributed by atoms with E-state index < -0.39 is 6.10 Å². The number of rotatable bonds is 6. The molecule has 0 bridgehead atoms. The highest BCUT2D eigenvalue weighted by molar-refractivity contribution is 6.35. The van der Waals surface area contributed by atoms with Gasteiger partial charge in [-0.3, -0.25) is 10.4 Å². The third-order valence-electron chi connectivity index (χ3n) is 5.33. The summed E-state index contributed by atoms with van der Waals surface area (Å²) in [6.45, 7) is 6.10. The number of nitrogens with two attached hydrogens (primary N) is 1. The van der Waals surface area contributed by atoms with Crippen LogP contribution in [0.25, 0.3) is 0 Å². The second-order valence-electron chi connectivity index (χ2n) is 7.82. The van der Waals surface area contributed by atoms with Gasteiger partial charge in [-0.1, -0.05) is 30.1 Å². The fourth-order valence-electron chi connectivity index (χ4n) is 3.66. The van der Waals surface area contributed by atoms with Crippen molar-refractivity contribution in [3.63, 3.8) is 0 Å². The molecule has 0 unspecified atom stereocenters. The minimum Gasteiger partial charge on any atom is -0.486 e. The molecule has 1 fully saturated rings. The molecule has 8 heteroatoms. The third-order valence-corrected chi connectivity index (χ3v) is 5.93. The maximum atomic E-state index is 8.65. The Balaban J connectivity index is 1.54. The van der Waals surface area contributed by atoms with Gasteiger partial charge in [0, 0.05) is 54.1 Å². The van der Waals surface area contributed by atoms with Gasteiger partial charge >= 0.3 is 0 Å². The number of ether oxygens (including phenoxy) is 1. The Morgan fingerprint density at radius 1 is 1.16 bits per heavy atom. The normalized spacial score (nSPS) is 14.8. The number of nitrogens with one attached hydrogen (secondary N) is 1. The van der Waals surface area contributed by atoms with E-state index in [2.05, 4.69) is 21.8 Å². The van der Waals surface area contributed by atoms with Crippen molar-refractivity contribution >= 4 is 40.4 Å².